The van der Waals surface area contributed by atoms with E-state index in [1.165, 1.54) is 12.1 Å². The summed E-state index contributed by atoms with van der Waals surface area (Å²) in [4.78, 5) is 16.2. The standard InChI is InChI=1S/C21H19BrFN3O4/c1-11(2)26-19(18(20(27)28)25-21(26)22)17(12-3-5-13(23)6-4-12)24-14-7-8-15-16(9-14)30-10-29-15/h3-9,11,17,24H,10H2,1-2H3,(H,27,28). The fourth-order valence-electron chi connectivity index (χ4n) is 3.46. The average Bonchev–Trinajstić information content (AvgIpc) is 3.30. The number of nitrogens with zero attached hydrogens (tertiary/aromatic N) is 2. The Morgan fingerprint density at radius 2 is 1.90 bits per heavy atom. The minimum absolute atomic E-state index is 0.0727. The summed E-state index contributed by atoms with van der Waals surface area (Å²) >= 11 is 3.38. The molecule has 2 N–H and O–H groups in total. The Labute approximate surface area is 180 Å². The van der Waals surface area contributed by atoms with Crippen LogP contribution in [0.4, 0.5) is 10.1 Å². The first-order chi connectivity index (χ1) is 14.3. The Hall–Kier alpha value is -3.07. The van der Waals surface area contributed by atoms with E-state index < -0.39 is 12.0 Å². The number of halogens is 2. The van der Waals surface area contributed by atoms with Crippen molar-refractivity contribution in [3.8, 4) is 11.5 Å². The van der Waals surface area contributed by atoms with E-state index in [4.69, 9.17) is 9.47 Å². The van der Waals surface area contributed by atoms with Crippen LogP contribution in [0.5, 0.6) is 11.5 Å². The van der Waals surface area contributed by atoms with Gasteiger partial charge in [-0.3, -0.25) is 0 Å². The normalized spacial score (nSPS) is 13.5. The summed E-state index contributed by atoms with van der Waals surface area (Å²) in [5, 5.41) is 13.2. The number of aromatic nitrogens is 2. The van der Waals surface area contributed by atoms with Crippen molar-refractivity contribution in [3.63, 3.8) is 0 Å². The van der Waals surface area contributed by atoms with Gasteiger partial charge in [-0.1, -0.05) is 12.1 Å². The Kier molecular flexibility index (Phi) is 5.38. The summed E-state index contributed by atoms with van der Waals surface area (Å²) in [7, 11) is 0. The van der Waals surface area contributed by atoms with Crippen LogP contribution in [0.3, 0.4) is 0 Å². The highest BCUT2D eigenvalue weighted by atomic mass is 79.9. The average molecular weight is 476 g/mol. The molecule has 1 unspecified atom stereocenters. The number of carboxylic acids is 1. The second-order valence-electron chi connectivity index (χ2n) is 7.08. The molecule has 0 aliphatic carbocycles. The van der Waals surface area contributed by atoms with Gasteiger partial charge >= 0.3 is 5.97 Å². The van der Waals surface area contributed by atoms with Crippen LogP contribution in [0, 0.1) is 5.82 Å². The lowest BCUT2D eigenvalue weighted by Crippen LogP contribution is -2.21. The highest BCUT2D eigenvalue weighted by Crippen LogP contribution is 2.38. The van der Waals surface area contributed by atoms with Crippen molar-refractivity contribution in [2.24, 2.45) is 0 Å². The minimum atomic E-state index is -1.15. The van der Waals surface area contributed by atoms with Crippen LogP contribution in [0.2, 0.25) is 0 Å². The molecule has 1 aromatic heterocycles. The summed E-state index contributed by atoms with van der Waals surface area (Å²) in [6, 6.07) is 10.6. The molecule has 0 spiro atoms. The topological polar surface area (TPSA) is 85.6 Å². The molecule has 1 atom stereocenters. The molecule has 1 aliphatic heterocycles. The monoisotopic (exact) mass is 475 g/mol. The van der Waals surface area contributed by atoms with E-state index in [0.717, 1.165) is 0 Å². The second-order valence-corrected chi connectivity index (χ2v) is 7.79. The number of imidazole rings is 1. The SMILES string of the molecule is CC(C)n1c(Br)nc(C(=O)O)c1C(Nc1ccc2c(c1)OCO2)c1ccc(F)cc1. The van der Waals surface area contributed by atoms with E-state index >= 15 is 0 Å². The highest BCUT2D eigenvalue weighted by molar-refractivity contribution is 9.10. The number of carboxylic acid groups (broad SMARTS) is 1. The summed E-state index contributed by atoms with van der Waals surface area (Å²) in [5.41, 5.74) is 1.75. The summed E-state index contributed by atoms with van der Waals surface area (Å²) in [6.45, 7) is 4.02. The number of hydrogen-bond acceptors (Lipinski definition) is 5. The molecule has 0 radical (unpaired) electrons. The van der Waals surface area contributed by atoms with Gasteiger partial charge in [0.05, 0.1) is 11.7 Å². The predicted molar refractivity (Wildman–Crippen MR) is 112 cm³/mol. The third kappa shape index (κ3) is 3.72. The number of fused-ring (bicyclic) bond motifs is 1. The van der Waals surface area contributed by atoms with Crippen LogP contribution >= 0.6 is 15.9 Å². The largest absolute Gasteiger partial charge is 0.476 e. The molecule has 4 rings (SSSR count). The number of carbonyl (C=O) groups is 1. The van der Waals surface area contributed by atoms with Crippen molar-refractivity contribution in [3.05, 3.63) is 70.0 Å². The molecule has 0 amide bonds. The van der Waals surface area contributed by atoms with Gasteiger partial charge in [0.1, 0.15) is 5.82 Å². The fourth-order valence-corrected chi connectivity index (χ4v) is 4.24. The zero-order valence-corrected chi connectivity index (χ0v) is 17.8. The number of hydrogen-bond donors (Lipinski definition) is 2. The number of anilines is 1. The first-order valence-electron chi connectivity index (χ1n) is 9.27. The molecule has 0 saturated carbocycles. The van der Waals surface area contributed by atoms with Gasteiger partial charge in [0.25, 0.3) is 0 Å². The lowest BCUT2D eigenvalue weighted by atomic mass is 10.0. The summed E-state index contributed by atoms with van der Waals surface area (Å²) < 4.78 is 26.6. The highest BCUT2D eigenvalue weighted by Gasteiger charge is 2.30. The summed E-state index contributed by atoms with van der Waals surface area (Å²) in [5.74, 6) is -0.294. The number of aromatic carboxylic acids is 1. The van der Waals surface area contributed by atoms with Gasteiger partial charge in [-0.15, -0.1) is 0 Å². The molecule has 156 valence electrons. The molecular weight excluding hydrogens is 457 g/mol. The van der Waals surface area contributed by atoms with Crippen molar-refractivity contribution in [1.29, 1.82) is 0 Å². The van der Waals surface area contributed by atoms with E-state index in [0.29, 0.717) is 33.2 Å². The Balaban J connectivity index is 1.86. The van der Waals surface area contributed by atoms with Crippen LogP contribution in [0.25, 0.3) is 0 Å². The van der Waals surface area contributed by atoms with E-state index in [1.807, 2.05) is 19.9 Å². The predicted octanol–water partition coefficient (Wildman–Crippen LogP) is 4.99. The van der Waals surface area contributed by atoms with E-state index in [-0.39, 0.29) is 24.3 Å². The second kappa shape index (κ2) is 7.98. The maximum atomic E-state index is 13.6. The molecular formula is C21H19BrFN3O4. The number of ether oxygens (including phenoxy) is 2. The molecule has 0 fully saturated rings. The van der Waals surface area contributed by atoms with E-state index in [1.54, 1.807) is 28.8 Å². The molecule has 0 bridgehead atoms. The molecule has 7 nitrogen and oxygen atoms in total. The van der Waals surface area contributed by atoms with Crippen molar-refractivity contribution >= 4 is 27.6 Å². The van der Waals surface area contributed by atoms with Crippen LogP contribution < -0.4 is 14.8 Å². The first kappa shape index (κ1) is 20.2. The zero-order valence-electron chi connectivity index (χ0n) is 16.2. The van der Waals surface area contributed by atoms with Crippen molar-refractivity contribution in [2.45, 2.75) is 25.9 Å². The molecule has 1 aliphatic rings. The van der Waals surface area contributed by atoms with Crippen molar-refractivity contribution in [1.82, 2.24) is 9.55 Å². The quantitative estimate of drug-likeness (QED) is 0.521. The van der Waals surface area contributed by atoms with Crippen LogP contribution in [-0.2, 0) is 0 Å². The minimum Gasteiger partial charge on any atom is -0.476 e. The lowest BCUT2D eigenvalue weighted by molar-refractivity contribution is 0.0689. The van der Waals surface area contributed by atoms with Gasteiger partial charge in [0, 0.05) is 17.8 Å². The molecule has 2 aromatic carbocycles. The van der Waals surface area contributed by atoms with Gasteiger partial charge in [-0.05, 0) is 59.6 Å². The van der Waals surface area contributed by atoms with E-state index in [9.17, 15) is 14.3 Å². The van der Waals surface area contributed by atoms with Gasteiger partial charge in [0.2, 0.25) is 6.79 Å². The van der Waals surface area contributed by atoms with Gasteiger partial charge in [0.15, 0.2) is 21.9 Å². The maximum Gasteiger partial charge on any atom is 0.356 e. The van der Waals surface area contributed by atoms with Crippen LogP contribution in [-0.4, -0.2) is 27.4 Å². The third-order valence-corrected chi connectivity index (χ3v) is 5.34. The fraction of sp³-hybridized carbons (Fsp3) is 0.238. The van der Waals surface area contributed by atoms with E-state index in [2.05, 4.69) is 26.2 Å². The maximum absolute atomic E-state index is 13.6. The van der Waals surface area contributed by atoms with Gasteiger partial charge in [-0.25, -0.2) is 14.2 Å². The number of nitrogens with one attached hydrogen (secondary N) is 1. The van der Waals surface area contributed by atoms with Crippen molar-refractivity contribution < 1.29 is 23.8 Å². The van der Waals surface area contributed by atoms with Gasteiger partial charge < -0.3 is 24.5 Å². The molecule has 9 heteroatoms. The lowest BCUT2D eigenvalue weighted by Gasteiger charge is -2.25. The smallest absolute Gasteiger partial charge is 0.356 e. The zero-order chi connectivity index (χ0) is 21.4. The third-order valence-electron chi connectivity index (χ3n) is 4.78. The molecule has 0 saturated heterocycles. The number of rotatable bonds is 6. The molecule has 2 heterocycles. The Morgan fingerprint density at radius 3 is 2.57 bits per heavy atom. The molecule has 3 aromatic rings. The Bertz CT molecular complexity index is 1100. The number of benzene rings is 2. The van der Waals surface area contributed by atoms with Crippen LogP contribution in [0.15, 0.2) is 47.2 Å². The first-order valence-corrected chi connectivity index (χ1v) is 10.1. The molecule has 30 heavy (non-hydrogen) atoms. The van der Waals surface area contributed by atoms with Gasteiger partial charge in [-0.2, -0.15) is 0 Å². The summed E-state index contributed by atoms with van der Waals surface area (Å²) in [6.07, 6.45) is 0. The van der Waals surface area contributed by atoms with Crippen LogP contribution in [0.1, 0.15) is 47.7 Å². The van der Waals surface area contributed by atoms with Crippen molar-refractivity contribution in [2.75, 3.05) is 12.1 Å². The Morgan fingerprint density at radius 1 is 1.20 bits per heavy atom.